The van der Waals surface area contributed by atoms with Gasteiger partial charge in [0.15, 0.2) is 23.3 Å². The Morgan fingerprint density at radius 2 is 1.85 bits per heavy atom. The van der Waals surface area contributed by atoms with Crippen LogP contribution in [0.25, 0.3) is 0 Å². The second-order valence-electron chi connectivity index (χ2n) is 8.25. The van der Waals surface area contributed by atoms with Gasteiger partial charge in [0.05, 0.1) is 11.3 Å². The van der Waals surface area contributed by atoms with Gasteiger partial charge in [-0.3, -0.25) is 4.79 Å². The minimum Gasteiger partial charge on any atom is -0.382 e. The van der Waals surface area contributed by atoms with Gasteiger partial charge in [-0.15, -0.1) is 0 Å². The number of nitrogens with zero attached hydrogens (tertiary/aromatic N) is 4. The smallest absolute Gasteiger partial charge is 0.302 e. The van der Waals surface area contributed by atoms with Gasteiger partial charge < -0.3 is 22.1 Å². The summed E-state index contributed by atoms with van der Waals surface area (Å²) in [6, 6.07) is 7.19. The molecule has 1 aromatic carbocycles. The maximum atomic E-state index is 12.8. The van der Waals surface area contributed by atoms with Crippen molar-refractivity contribution in [1.82, 2.24) is 24.9 Å². The van der Waals surface area contributed by atoms with Gasteiger partial charge in [0.1, 0.15) is 3.70 Å². The molecule has 14 heteroatoms. The number of aliphatic imine (C=N–C) groups is 1. The van der Waals surface area contributed by atoms with Crippen molar-refractivity contribution in [3.8, 4) is 0 Å². The predicted octanol–water partition coefficient (Wildman–Crippen LogP) is 0.995. The summed E-state index contributed by atoms with van der Waals surface area (Å²) in [5, 5.41) is 6.97. The number of nitrogen functional groups attached to an aromatic ring is 2. The molecule has 0 aliphatic carbocycles. The third-order valence-electron chi connectivity index (χ3n) is 5.93. The van der Waals surface area contributed by atoms with E-state index >= 15 is 0 Å². The number of nitrogens with two attached hydrogens (primary N) is 2. The number of guanidine groups is 1. The van der Waals surface area contributed by atoms with E-state index in [2.05, 4.69) is 25.6 Å². The first-order valence-electron chi connectivity index (χ1n) is 10.5. The van der Waals surface area contributed by atoms with Crippen LogP contribution in [0.5, 0.6) is 0 Å². The lowest BCUT2D eigenvalue weighted by atomic mass is 9.90. The Bertz CT molecular complexity index is 1230. The van der Waals surface area contributed by atoms with Gasteiger partial charge in [0.2, 0.25) is 10.0 Å². The number of hydrogen-bond acceptors (Lipinski definition) is 7. The van der Waals surface area contributed by atoms with E-state index in [-0.39, 0.29) is 28.6 Å². The summed E-state index contributed by atoms with van der Waals surface area (Å²) in [6.45, 7) is 1.29. The number of aryl methyl sites for hydroxylation is 1. The van der Waals surface area contributed by atoms with Crippen LogP contribution in [0.2, 0.25) is 5.02 Å². The number of sulfonamides is 1. The van der Waals surface area contributed by atoms with Crippen molar-refractivity contribution in [3.63, 3.8) is 0 Å². The number of nitrogens with one attached hydrogen (secondary N) is 2. The molecule has 6 N–H and O–H groups in total. The highest BCUT2D eigenvalue weighted by Crippen LogP contribution is 2.26. The normalized spacial score (nSPS) is 19.2. The Hall–Kier alpha value is -2.23. The van der Waals surface area contributed by atoms with Crippen LogP contribution >= 0.6 is 34.2 Å². The van der Waals surface area contributed by atoms with Crippen molar-refractivity contribution in [1.29, 1.82) is 0 Å². The highest BCUT2D eigenvalue weighted by atomic mass is 127. The van der Waals surface area contributed by atoms with Crippen molar-refractivity contribution in [2.45, 2.75) is 24.8 Å². The van der Waals surface area contributed by atoms with Crippen LogP contribution in [0.15, 0.2) is 29.3 Å². The summed E-state index contributed by atoms with van der Waals surface area (Å²) in [7, 11) is -3.39. The first-order valence-corrected chi connectivity index (χ1v) is 13.6. The maximum Gasteiger partial charge on any atom is 0.302 e. The van der Waals surface area contributed by atoms with Crippen molar-refractivity contribution in [2.24, 2.45) is 4.99 Å². The first-order chi connectivity index (χ1) is 16.1. The summed E-state index contributed by atoms with van der Waals surface area (Å²) in [5.41, 5.74) is 11.9. The average molecular weight is 619 g/mol. The standard InChI is InChI=1S/C20H24ClIN8O3S/c21-13-3-1-12(2-4-13)5-10-34(32,33)30-8-6-20(7-9-30)11-25-19(29-20)28-18(31)14-16(23)27-17(24)15(22)26-14/h1-4H,5-11H2,(H4,23,24,27)(H2,25,28,29,31). The van der Waals surface area contributed by atoms with Gasteiger partial charge >= 0.3 is 5.91 Å². The molecule has 2 aliphatic rings. The second-order valence-corrected chi connectivity index (χ2v) is 11.8. The molecule has 1 aromatic heterocycles. The predicted molar refractivity (Wildman–Crippen MR) is 139 cm³/mol. The van der Waals surface area contributed by atoms with Crippen molar-refractivity contribution >= 4 is 67.7 Å². The van der Waals surface area contributed by atoms with E-state index in [4.69, 9.17) is 23.1 Å². The molecule has 3 heterocycles. The second kappa shape index (κ2) is 9.79. The molecule has 2 aromatic rings. The molecule has 2 saturated heterocycles. The monoisotopic (exact) mass is 618 g/mol. The lowest BCUT2D eigenvalue weighted by Gasteiger charge is -2.38. The van der Waals surface area contributed by atoms with Gasteiger partial charge in [0.25, 0.3) is 0 Å². The summed E-state index contributed by atoms with van der Waals surface area (Å²) in [4.78, 5) is 24.6. The molecule has 182 valence electrons. The number of halogens is 2. The minimum absolute atomic E-state index is 0.0391. The van der Waals surface area contributed by atoms with E-state index in [0.717, 1.165) is 5.56 Å². The van der Waals surface area contributed by atoms with E-state index in [1.54, 1.807) is 12.1 Å². The maximum absolute atomic E-state index is 12.8. The lowest BCUT2D eigenvalue weighted by molar-refractivity contribution is 0.0998. The molecule has 4 rings (SSSR count). The van der Waals surface area contributed by atoms with Crippen LogP contribution < -0.4 is 22.1 Å². The number of carbonyl (C=O) groups excluding carboxylic acids is 1. The van der Waals surface area contributed by atoms with E-state index in [1.807, 2.05) is 34.7 Å². The topological polar surface area (TPSA) is 169 Å². The van der Waals surface area contributed by atoms with Crippen LogP contribution in [-0.4, -0.2) is 65.5 Å². The number of carbonyl (C=O) groups is 1. The number of amides is 1. The summed E-state index contributed by atoms with van der Waals surface area (Å²) in [5.74, 6) is -0.239. The quantitative estimate of drug-likeness (QED) is 0.357. The molecule has 0 unspecified atom stereocenters. The Kier molecular flexibility index (Phi) is 7.17. The van der Waals surface area contributed by atoms with Crippen LogP contribution in [-0.2, 0) is 16.4 Å². The molecule has 2 fully saturated rings. The summed E-state index contributed by atoms with van der Waals surface area (Å²) >= 11 is 7.76. The van der Waals surface area contributed by atoms with Gasteiger partial charge in [-0.2, -0.15) is 4.99 Å². The highest BCUT2D eigenvalue weighted by molar-refractivity contribution is 14.1. The Morgan fingerprint density at radius 3 is 2.53 bits per heavy atom. The number of aromatic nitrogens is 2. The van der Waals surface area contributed by atoms with E-state index in [1.165, 1.54) is 4.31 Å². The molecule has 0 radical (unpaired) electrons. The van der Waals surface area contributed by atoms with Crippen LogP contribution in [0, 0.1) is 3.70 Å². The molecule has 34 heavy (non-hydrogen) atoms. The molecular weight excluding hydrogens is 595 g/mol. The SMILES string of the molecule is Nc1nc(N)c(C(=O)/N=C2\NCC3(CCN(S(=O)(=O)CCc4ccc(Cl)cc4)CC3)N2)nc1I. The zero-order valence-electron chi connectivity index (χ0n) is 18.1. The zero-order valence-corrected chi connectivity index (χ0v) is 21.8. The lowest BCUT2D eigenvalue weighted by Crippen LogP contribution is -2.54. The van der Waals surface area contributed by atoms with Gasteiger partial charge in [-0.05, 0) is 59.5 Å². The summed E-state index contributed by atoms with van der Waals surface area (Å²) in [6.07, 6.45) is 1.58. The Balaban J connectivity index is 1.35. The average Bonchev–Trinajstić information content (AvgIpc) is 3.17. The van der Waals surface area contributed by atoms with Gasteiger partial charge in [0, 0.05) is 24.7 Å². The Morgan fingerprint density at radius 1 is 1.18 bits per heavy atom. The Labute approximate surface area is 215 Å². The molecule has 1 amide bonds. The fraction of sp³-hybridized carbons (Fsp3) is 0.400. The third-order valence-corrected chi connectivity index (χ3v) is 8.85. The highest BCUT2D eigenvalue weighted by Gasteiger charge is 2.42. The largest absolute Gasteiger partial charge is 0.382 e. The molecule has 0 saturated carbocycles. The first kappa shape index (κ1) is 24.9. The molecule has 1 spiro atoms. The minimum atomic E-state index is -3.39. The van der Waals surface area contributed by atoms with Crippen molar-refractivity contribution in [2.75, 3.05) is 36.9 Å². The van der Waals surface area contributed by atoms with E-state index in [0.29, 0.717) is 53.6 Å². The molecule has 0 bridgehead atoms. The van der Waals surface area contributed by atoms with E-state index in [9.17, 15) is 13.2 Å². The third kappa shape index (κ3) is 5.53. The number of rotatable bonds is 5. The molecule has 11 nitrogen and oxygen atoms in total. The summed E-state index contributed by atoms with van der Waals surface area (Å²) < 4.78 is 27.6. The van der Waals surface area contributed by atoms with Gasteiger partial charge in [-0.25, -0.2) is 22.7 Å². The fourth-order valence-electron chi connectivity index (χ4n) is 3.93. The molecule has 2 aliphatic heterocycles. The van der Waals surface area contributed by atoms with E-state index < -0.39 is 15.9 Å². The zero-order chi connectivity index (χ0) is 24.5. The number of benzene rings is 1. The number of hydrogen-bond donors (Lipinski definition) is 4. The van der Waals surface area contributed by atoms with Crippen molar-refractivity contribution < 1.29 is 13.2 Å². The van der Waals surface area contributed by atoms with Crippen molar-refractivity contribution in [3.05, 3.63) is 44.2 Å². The van der Waals surface area contributed by atoms with Crippen LogP contribution in [0.1, 0.15) is 28.9 Å². The molecule has 0 atom stereocenters. The van der Waals surface area contributed by atoms with Crippen LogP contribution in [0.4, 0.5) is 11.6 Å². The van der Waals surface area contributed by atoms with Gasteiger partial charge in [-0.1, -0.05) is 23.7 Å². The van der Waals surface area contributed by atoms with Crippen LogP contribution in [0.3, 0.4) is 0 Å². The molecular formula is C20H24ClIN8O3S. The number of anilines is 2. The fourth-order valence-corrected chi connectivity index (χ4v) is 5.91. The number of piperidine rings is 1.